The fourth-order valence-corrected chi connectivity index (χ4v) is 2.72. The predicted molar refractivity (Wildman–Crippen MR) is 71.2 cm³/mol. The Morgan fingerprint density at radius 3 is 2.68 bits per heavy atom. The van der Waals surface area contributed by atoms with Gasteiger partial charge in [0, 0.05) is 20.1 Å². The molecule has 1 heterocycles. The second-order valence-corrected chi connectivity index (χ2v) is 6.08. The van der Waals surface area contributed by atoms with E-state index in [1.54, 1.807) is 0 Å². The molecule has 1 saturated heterocycles. The van der Waals surface area contributed by atoms with E-state index in [1.165, 1.54) is 11.9 Å². The van der Waals surface area contributed by atoms with Gasteiger partial charge in [-0.1, -0.05) is 6.58 Å². The number of aliphatic imine (C=N–C) groups is 2. The number of sulfonamides is 1. The smallest absolute Gasteiger partial charge is 0.220 e. The minimum atomic E-state index is -3.76. The van der Waals surface area contributed by atoms with Crippen molar-refractivity contribution in [2.24, 2.45) is 15.1 Å². The van der Waals surface area contributed by atoms with Crippen LogP contribution in [0.3, 0.4) is 0 Å². The summed E-state index contributed by atoms with van der Waals surface area (Å²) in [6, 6.07) is 0. The number of hydrogen-bond acceptors (Lipinski definition) is 4. The number of β-amino-alcohol motifs (C(OH)–C–C–N with tert-alkyl or cyclic N) is 1. The zero-order valence-corrected chi connectivity index (χ0v) is 11.3. The minimum absolute atomic E-state index is 0.0542. The van der Waals surface area contributed by atoms with Gasteiger partial charge in [-0.3, -0.25) is 4.99 Å². The van der Waals surface area contributed by atoms with Gasteiger partial charge in [-0.05, 0) is 6.42 Å². The number of aliphatic hydroxyl groups is 1. The molecule has 2 atom stereocenters. The maximum absolute atomic E-state index is 12.5. The molecule has 0 aromatic carbocycles. The Kier molecular flexibility index (Phi) is 5.15. The van der Waals surface area contributed by atoms with Gasteiger partial charge in [0.1, 0.15) is 5.83 Å². The zero-order chi connectivity index (χ0) is 14.6. The number of nitrogens with zero attached hydrogens (tertiary/aromatic N) is 3. The molecule has 1 rings (SSSR count). The maximum atomic E-state index is 12.5. The molecule has 19 heavy (non-hydrogen) atoms. The van der Waals surface area contributed by atoms with Crippen molar-refractivity contribution in [1.29, 1.82) is 0 Å². The third kappa shape index (κ3) is 4.69. The van der Waals surface area contributed by atoms with Crippen molar-refractivity contribution in [2.75, 3.05) is 20.1 Å². The molecule has 1 aliphatic heterocycles. The molecule has 0 aromatic heterocycles. The largest absolute Gasteiger partial charge is 0.391 e. The summed E-state index contributed by atoms with van der Waals surface area (Å²) in [4.78, 5) is 9.02. The van der Waals surface area contributed by atoms with E-state index in [1.807, 2.05) is 0 Å². The Bertz CT molecular complexity index is 503. The Morgan fingerprint density at radius 2 is 2.21 bits per heavy atom. The highest BCUT2D eigenvalue weighted by molar-refractivity contribution is 7.89. The lowest BCUT2D eigenvalue weighted by Crippen LogP contribution is -2.51. The molecule has 9 heteroatoms. The first-order valence-corrected chi connectivity index (χ1v) is 7.15. The zero-order valence-electron chi connectivity index (χ0n) is 10.5. The summed E-state index contributed by atoms with van der Waals surface area (Å²) in [7, 11) is -2.33. The van der Waals surface area contributed by atoms with Gasteiger partial charge in [0.05, 0.1) is 17.6 Å². The van der Waals surface area contributed by atoms with Crippen LogP contribution in [-0.4, -0.2) is 62.1 Å². The molecular formula is C10H17FN4O3S. The fraction of sp³-hybridized carbons (Fsp3) is 0.600. The standard InChI is InChI=1S/C10H17FN4O3S/c1-7(11)4-14-10(13-2)15-5-8(16)3-9(6-15)19(12,17)18/h4,8-9,16H,1,3,5-6H2,2H3,(H2,12,17,18)/b13-10+,14-4-/t8-,9+/m0/s1. The molecule has 0 radical (unpaired) electrons. The lowest BCUT2D eigenvalue weighted by Gasteiger charge is -2.34. The Morgan fingerprint density at radius 1 is 1.58 bits per heavy atom. The van der Waals surface area contributed by atoms with Crippen molar-refractivity contribution in [3.63, 3.8) is 0 Å². The van der Waals surface area contributed by atoms with Crippen LogP contribution in [-0.2, 0) is 10.0 Å². The van der Waals surface area contributed by atoms with Crippen molar-refractivity contribution in [3.8, 4) is 0 Å². The average Bonchev–Trinajstić information content (AvgIpc) is 2.27. The molecule has 0 bridgehead atoms. The maximum Gasteiger partial charge on any atom is 0.220 e. The summed E-state index contributed by atoms with van der Waals surface area (Å²) in [6.45, 7) is 3.24. The number of guanidine groups is 1. The summed E-state index contributed by atoms with van der Waals surface area (Å²) >= 11 is 0. The molecular weight excluding hydrogens is 275 g/mol. The van der Waals surface area contributed by atoms with Crippen molar-refractivity contribution in [2.45, 2.75) is 17.8 Å². The van der Waals surface area contributed by atoms with Gasteiger partial charge in [-0.15, -0.1) is 0 Å². The Labute approximate surface area is 111 Å². The lowest BCUT2D eigenvalue weighted by atomic mass is 10.1. The molecule has 0 amide bonds. The topological polar surface area (TPSA) is 108 Å². The number of piperidine rings is 1. The van der Waals surface area contributed by atoms with Crippen molar-refractivity contribution in [1.82, 2.24) is 4.90 Å². The molecule has 0 aliphatic carbocycles. The molecule has 7 nitrogen and oxygen atoms in total. The van der Waals surface area contributed by atoms with Gasteiger partial charge in [0.25, 0.3) is 0 Å². The van der Waals surface area contributed by atoms with Crippen molar-refractivity contribution in [3.05, 3.63) is 12.4 Å². The number of primary sulfonamides is 1. The number of hydrogen-bond donors (Lipinski definition) is 2. The number of halogens is 1. The number of aliphatic hydroxyl groups excluding tert-OH is 1. The molecule has 0 unspecified atom stereocenters. The molecule has 0 saturated carbocycles. The first-order chi connectivity index (χ1) is 8.74. The molecule has 1 aliphatic rings. The van der Waals surface area contributed by atoms with E-state index < -0.39 is 27.2 Å². The SMILES string of the molecule is C=C(F)/C=N\C(=N/C)N1C[C@@H](O)C[C@@H](S(N)(=O)=O)C1. The first kappa shape index (κ1) is 15.7. The normalized spacial score (nSPS) is 25.9. The number of likely N-dealkylation sites (tertiary alicyclic amines) is 1. The highest BCUT2D eigenvalue weighted by Gasteiger charge is 2.33. The van der Waals surface area contributed by atoms with Crippen LogP contribution in [0.1, 0.15) is 6.42 Å². The van der Waals surface area contributed by atoms with Crippen molar-refractivity contribution < 1.29 is 17.9 Å². The predicted octanol–water partition coefficient (Wildman–Crippen LogP) is -0.750. The van der Waals surface area contributed by atoms with E-state index in [2.05, 4.69) is 16.6 Å². The molecule has 0 aromatic rings. The third-order valence-electron chi connectivity index (χ3n) is 2.66. The van der Waals surface area contributed by atoms with E-state index in [0.717, 1.165) is 6.21 Å². The lowest BCUT2D eigenvalue weighted by molar-refractivity contribution is 0.104. The van der Waals surface area contributed by atoms with E-state index in [4.69, 9.17) is 5.14 Å². The van der Waals surface area contributed by atoms with E-state index in [-0.39, 0.29) is 25.5 Å². The minimum Gasteiger partial charge on any atom is -0.391 e. The van der Waals surface area contributed by atoms with Crippen molar-refractivity contribution >= 4 is 22.2 Å². The highest BCUT2D eigenvalue weighted by Crippen LogP contribution is 2.16. The highest BCUT2D eigenvalue weighted by atomic mass is 32.2. The summed E-state index contributed by atoms with van der Waals surface area (Å²) in [5.41, 5.74) is 0. The first-order valence-electron chi connectivity index (χ1n) is 5.54. The van der Waals surface area contributed by atoms with Gasteiger partial charge < -0.3 is 10.0 Å². The van der Waals surface area contributed by atoms with Gasteiger partial charge >= 0.3 is 0 Å². The monoisotopic (exact) mass is 292 g/mol. The molecule has 3 N–H and O–H groups in total. The summed E-state index contributed by atoms with van der Waals surface area (Å²) in [6.07, 6.45) is 0.0683. The quantitative estimate of drug-likeness (QED) is 0.515. The van der Waals surface area contributed by atoms with Crippen LogP contribution >= 0.6 is 0 Å². The van der Waals surface area contributed by atoms with Gasteiger partial charge in [-0.25, -0.2) is 22.9 Å². The second-order valence-electron chi connectivity index (χ2n) is 4.23. The van der Waals surface area contributed by atoms with E-state index in [9.17, 15) is 17.9 Å². The Hall–Kier alpha value is -1.32. The summed E-state index contributed by atoms with van der Waals surface area (Å²) in [5.74, 6) is -0.632. The van der Waals surface area contributed by atoms with Gasteiger partial charge in [0.2, 0.25) is 16.0 Å². The third-order valence-corrected chi connectivity index (χ3v) is 3.93. The van der Waals surface area contributed by atoms with E-state index in [0.29, 0.717) is 0 Å². The van der Waals surface area contributed by atoms with Crippen LogP contribution in [0.15, 0.2) is 22.4 Å². The summed E-state index contributed by atoms with van der Waals surface area (Å²) < 4.78 is 35.2. The molecule has 108 valence electrons. The van der Waals surface area contributed by atoms with Crippen LogP contribution in [0.5, 0.6) is 0 Å². The molecule has 0 spiro atoms. The van der Waals surface area contributed by atoms with Gasteiger partial charge in [-0.2, -0.15) is 0 Å². The number of rotatable bonds is 2. The van der Waals surface area contributed by atoms with Crippen LogP contribution in [0.4, 0.5) is 4.39 Å². The van der Waals surface area contributed by atoms with Crippen LogP contribution in [0.2, 0.25) is 0 Å². The van der Waals surface area contributed by atoms with Gasteiger partial charge in [0.15, 0.2) is 0 Å². The second kappa shape index (κ2) is 6.22. The fourth-order valence-electron chi connectivity index (χ4n) is 1.84. The summed E-state index contributed by atoms with van der Waals surface area (Å²) in [5, 5.41) is 13.8. The van der Waals surface area contributed by atoms with E-state index >= 15 is 0 Å². The van der Waals surface area contributed by atoms with Crippen LogP contribution < -0.4 is 5.14 Å². The number of nitrogens with two attached hydrogens (primary N) is 1. The Balaban J connectivity index is 2.90. The van der Waals surface area contributed by atoms with Crippen LogP contribution in [0.25, 0.3) is 0 Å². The average molecular weight is 292 g/mol. The number of allylic oxidation sites excluding steroid dienone is 1. The molecule has 1 fully saturated rings. The van der Waals surface area contributed by atoms with Crippen LogP contribution in [0, 0.1) is 0 Å².